The summed E-state index contributed by atoms with van der Waals surface area (Å²) in [4.78, 5) is 31.6. The highest BCUT2D eigenvalue weighted by Gasteiger charge is 2.29. The van der Waals surface area contributed by atoms with E-state index in [-0.39, 0.29) is 24.4 Å². The van der Waals surface area contributed by atoms with Gasteiger partial charge in [-0.15, -0.1) is 0 Å². The minimum absolute atomic E-state index is 0.0637. The Labute approximate surface area is 181 Å². The predicted octanol–water partition coefficient (Wildman–Crippen LogP) is 1.81. The van der Waals surface area contributed by atoms with Crippen molar-refractivity contribution in [1.29, 1.82) is 0 Å². The lowest BCUT2D eigenvalue weighted by atomic mass is 10.0. The molecule has 2 heterocycles. The summed E-state index contributed by atoms with van der Waals surface area (Å²) >= 11 is 0. The van der Waals surface area contributed by atoms with Gasteiger partial charge in [-0.1, -0.05) is 30.3 Å². The molecule has 1 aliphatic rings. The van der Waals surface area contributed by atoms with Crippen molar-refractivity contribution in [2.75, 3.05) is 38.7 Å². The molecular formula is C23H27N5O3. The SMILES string of the molecule is COCCNc1nc2cc(C(=O)N3CC(=O)N[C@@H](Cc4ccccc4)C3)ccc2n1C. The number of nitrogens with one attached hydrogen (secondary N) is 2. The zero-order valence-electron chi connectivity index (χ0n) is 17.8. The van der Waals surface area contributed by atoms with Crippen LogP contribution in [0.25, 0.3) is 11.0 Å². The fourth-order valence-electron chi connectivity index (χ4n) is 3.93. The largest absolute Gasteiger partial charge is 0.383 e. The highest BCUT2D eigenvalue weighted by molar-refractivity contribution is 5.99. The van der Waals surface area contributed by atoms with Crippen LogP contribution in [0.2, 0.25) is 0 Å². The predicted molar refractivity (Wildman–Crippen MR) is 119 cm³/mol. The first kappa shape index (κ1) is 20.9. The molecule has 8 heteroatoms. The maximum absolute atomic E-state index is 13.2. The highest BCUT2D eigenvalue weighted by atomic mass is 16.5. The van der Waals surface area contributed by atoms with Gasteiger partial charge in [0.2, 0.25) is 11.9 Å². The molecule has 31 heavy (non-hydrogen) atoms. The minimum Gasteiger partial charge on any atom is -0.383 e. The summed E-state index contributed by atoms with van der Waals surface area (Å²) < 4.78 is 7.02. The lowest BCUT2D eigenvalue weighted by Crippen LogP contribution is -2.56. The molecule has 0 radical (unpaired) electrons. The van der Waals surface area contributed by atoms with Crippen molar-refractivity contribution in [3.8, 4) is 0 Å². The standard InChI is InChI=1S/C23H27N5O3/c1-27-20-9-8-17(13-19(20)26-23(27)24-10-11-31-2)22(30)28-14-18(25-21(29)15-28)12-16-6-4-3-5-7-16/h3-9,13,18H,10-12,14-15H2,1-2H3,(H,24,26)(H,25,29)/t18-/m0/s1. The van der Waals surface area contributed by atoms with Crippen LogP contribution < -0.4 is 10.6 Å². The Bertz CT molecular complexity index is 1080. The number of anilines is 1. The molecule has 162 valence electrons. The van der Waals surface area contributed by atoms with Gasteiger partial charge >= 0.3 is 0 Å². The summed E-state index contributed by atoms with van der Waals surface area (Å²) in [5.41, 5.74) is 3.32. The molecule has 2 amide bonds. The number of aromatic nitrogens is 2. The molecule has 2 aromatic carbocycles. The Balaban J connectivity index is 1.50. The maximum Gasteiger partial charge on any atom is 0.254 e. The van der Waals surface area contributed by atoms with Crippen molar-refractivity contribution in [3.63, 3.8) is 0 Å². The number of piperazine rings is 1. The smallest absolute Gasteiger partial charge is 0.254 e. The second-order valence-corrected chi connectivity index (χ2v) is 7.76. The molecule has 3 aromatic rings. The lowest BCUT2D eigenvalue weighted by molar-refractivity contribution is -0.124. The monoisotopic (exact) mass is 421 g/mol. The number of methoxy groups -OCH3 is 1. The van der Waals surface area contributed by atoms with Crippen LogP contribution in [0.15, 0.2) is 48.5 Å². The first-order valence-electron chi connectivity index (χ1n) is 10.4. The van der Waals surface area contributed by atoms with Gasteiger partial charge in [0.25, 0.3) is 5.91 Å². The average molecular weight is 422 g/mol. The van der Waals surface area contributed by atoms with Crippen molar-refractivity contribution in [1.82, 2.24) is 19.8 Å². The topological polar surface area (TPSA) is 88.5 Å². The van der Waals surface area contributed by atoms with Gasteiger partial charge in [0.1, 0.15) is 0 Å². The maximum atomic E-state index is 13.2. The van der Waals surface area contributed by atoms with E-state index < -0.39 is 0 Å². The number of nitrogens with zero attached hydrogens (tertiary/aromatic N) is 3. The van der Waals surface area contributed by atoms with Gasteiger partial charge in [0.05, 0.1) is 30.2 Å². The van der Waals surface area contributed by atoms with Gasteiger partial charge in [-0.05, 0) is 30.2 Å². The molecule has 1 aliphatic heterocycles. The number of hydrogen-bond donors (Lipinski definition) is 2. The molecule has 4 rings (SSSR count). The lowest BCUT2D eigenvalue weighted by Gasteiger charge is -2.33. The van der Waals surface area contributed by atoms with Crippen LogP contribution in [-0.4, -0.2) is 65.7 Å². The van der Waals surface area contributed by atoms with Crippen LogP contribution in [0.3, 0.4) is 0 Å². The number of aryl methyl sites for hydroxylation is 1. The highest BCUT2D eigenvalue weighted by Crippen LogP contribution is 2.21. The summed E-state index contributed by atoms with van der Waals surface area (Å²) in [6, 6.07) is 15.3. The van der Waals surface area contributed by atoms with E-state index in [9.17, 15) is 9.59 Å². The first-order valence-corrected chi connectivity index (χ1v) is 10.4. The number of rotatable bonds is 7. The molecular weight excluding hydrogens is 394 g/mol. The quantitative estimate of drug-likeness (QED) is 0.568. The van der Waals surface area contributed by atoms with Crippen molar-refractivity contribution in [2.45, 2.75) is 12.5 Å². The van der Waals surface area contributed by atoms with Crippen molar-refractivity contribution in [2.24, 2.45) is 7.05 Å². The molecule has 1 aromatic heterocycles. The number of ether oxygens (including phenoxy) is 1. The Morgan fingerprint density at radius 3 is 2.84 bits per heavy atom. The number of benzene rings is 2. The second-order valence-electron chi connectivity index (χ2n) is 7.76. The molecule has 1 atom stereocenters. The van der Waals surface area contributed by atoms with E-state index >= 15 is 0 Å². The van der Waals surface area contributed by atoms with Gasteiger partial charge in [0, 0.05) is 32.8 Å². The van der Waals surface area contributed by atoms with Gasteiger partial charge < -0.3 is 24.8 Å². The molecule has 0 bridgehead atoms. The third kappa shape index (κ3) is 4.69. The molecule has 0 unspecified atom stereocenters. The molecule has 0 spiro atoms. The summed E-state index contributed by atoms with van der Waals surface area (Å²) in [5.74, 6) is 0.426. The second kappa shape index (κ2) is 9.18. The number of imidazole rings is 1. The van der Waals surface area contributed by atoms with E-state index in [1.807, 2.05) is 48.0 Å². The third-order valence-electron chi connectivity index (χ3n) is 5.47. The van der Waals surface area contributed by atoms with Crippen LogP contribution in [0.1, 0.15) is 15.9 Å². The molecule has 0 saturated carbocycles. The minimum atomic E-state index is -0.158. The molecule has 0 aliphatic carbocycles. The average Bonchev–Trinajstić information content (AvgIpc) is 3.08. The third-order valence-corrected chi connectivity index (χ3v) is 5.47. The molecule has 1 saturated heterocycles. The van der Waals surface area contributed by atoms with E-state index in [1.165, 1.54) is 0 Å². The number of carbonyl (C=O) groups excluding carboxylic acids is 2. The number of hydrogen-bond acceptors (Lipinski definition) is 5. The van der Waals surface area contributed by atoms with Gasteiger partial charge in [-0.3, -0.25) is 9.59 Å². The van der Waals surface area contributed by atoms with Gasteiger partial charge in [0.15, 0.2) is 0 Å². The van der Waals surface area contributed by atoms with E-state index in [2.05, 4.69) is 15.6 Å². The molecule has 2 N–H and O–H groups in total. The zero-order chi connectivity index (χ0) is 21.8. The van der Waals surface area contributed by atoms with E-state index in [4.69, 9.17) is 4.74 Å². The summed E-state index contributed by atoms with van der Waals surface area (Å²) in [6.45, 7) is 1.76. The Hall–Kier alpha value is -3.39. The van der Waals surface area contributed by atoms with Crippen LogP contribution in [-0.2, 0) is 23.0 Å². The van der Waals surface area contributed by atoms with E-state index in [1.54, 1.807) is 24.1 Å². The summed E-state index contributed by atoms with van der Waals surface area (Å²) in [5, 5.41) is 6.23. The Morgan fingerprint density at radius 2 is 2.06 bits per heavy atom. The van der Waals surface area contributed by atoms with Crippen molar-refractivity contribution < 1.29 is 14.3 Å². The summed E-state index contributed by atoms with van der Waals surface area (Å²) in [6.07, 6.45) is 0.687. The number of fused-ring (bicyclic) bond motifs is 1. The van der Waals surface area contributed by atoms with E-state index in [0.29, 0.717) is 31.7 Å². The fourth-order valence-corrected chi connectivity index (χ4v) is 3.93. The normalized spacial score (nSPS) is 16.4. The zero-order valence-corrected chi connectivity index (χ0v) is 17.8. The fraction of sp³-hybridized carbons (Fsp3) is 0.348. The number of carbonyl (C=O) groups is 2. The Morgan fingerprint density at radius 1 is 1.26 bits per heavy atom. The first-order chi connectivity index (χ1) is 15.0. The summed E-state index contributed by atoms with van der Waals surface area (Å²) in [7, 11) is 3.58. The van der Waals surface area contributed by atoms with Crippen LogP contribution in [0, 0.1) is 0 Å². The van der Waals surface area contributed by atoms with Gasteiger partial charge in [-0.25, -0.2) is 4.98 Å². The number of amides is 2. The van der Waals surface area contributed by atoms with E-state index in [0.717, 1.165) is 22.5 Å². The van der Waals surface area contributed by atoms with Crippen LogP contribution >= 0.6 is 0 Å². The van der Waals surface area contributed by atoms with Crippen molar-refractivity contribution >= 4 is 28.8 Å². The molecule has 1 fully saturated rings. The van der Waals surface area contributed by atoms with Crippen LogP contribution in [0.5, 0.6) is 0 Å². The van der Waals surface area contributed by atoms with Crippen LogP contribution in [0.4, 0.5) is 5.95 Å². The van der Waals surface area contributed by atoms with Gasteiger partial charge in [-0.2, -0.15) is 0 Å². The Kier molecular flexibility index (Phi) is 6.18. The molecule has 8 nitrogen and oxygen atoms in total. The van der Waals surface area contributed by atoms with Crippen molar-refractivity contribution in [3.05, 3.63) is 59.7 Å².